The molecule has 1 heterocycles. The summed E-state index contributed by atoms with van der Waals surface area (Å²) < 4.78 is 8.13. The lowest BCUT2D eigenvalue weighted by Crippen LogP contribution is -2.37. The third-order valence-electron chi connectivity index (χ3n) is 5.94. The molecule has 4 atom stereocenters. The molecule has 1 aliphatic carbocycles. The van der Waals surface area contributed by atoms with Crippen molar-refractivity contribution >= 4 is 17.0 Å². The Hall–Kier alpha value is -1.84. The van der Waals surface area contributed by atoms with Gasteiger partial charge in [-0.1, -0.05) is 46.2 Å². The van der Waals surface area contributed by atoms with Crippen LogP contribution >= 0.6 is 0 Å². The number of hydrogen-bond acceptors (Lipinski definition) is 3. The van der Waals surface area contributed by atoms with Crippen molar-refractivity contribution in [2.24, 2.45) is 17.8 Å². The monoisotopic (exact) mass is 356 g/mol. The maximum atomic E-state index is 13.0. The number of ether oxygens (including phenoxy) is 1. The van der Waals surface area contributed by atoms with Crippen LogP contribution in [-0.4, -0.2) is 21.6 Å². The molecule has 1 fully saturated rings. The van der Waals surface area contributed by atoms with E-state index in [0.29, 0.717) is 17.8 Å². The zero-order valence-electron chi connectivity index (χ0n) is 16.7. The van der Waals surface area contributed by atoms with Crippen LogP contribution in [0.15, 0.2) is 24.3 Å². The maximum absolute atomic E-state index is 13.0. The van der Waals surface area contributed by atoms with Crippen molar-refractivity contribution in [1.29, 1.82) is 0 Å². The molecule has 1 saturated carbocycles. The topological polar surface area (TPSA) is 44.1 Å². The van der Waals surface area contributed by atoms with Crippen LogP contribution in [0.4, 0.5) is 0 Å². The van der Waals surface area contributed by atoms with E-state index in [2.05, 4.69) is 27.7 Å². The first-order valence-corrected chi connectivity index (χ1v) is 10.1. The van der Waals surface area contributed by atoms with Crippen LogP contribution in [0.5, 0.6) is 0 Å². The average molecular weight is 357 g/mol. The van der Waals surface area contributed by atoms with Gasteiger partial charge in [0.25, 0.3) is 0 Å². The van der Waals surface area contributed by atoms with Crippen LogP contribution in [0.3, 0.4) is 0 Å². The summed E-state index contributed by atoms with van der Waals surface area (Å²) in [5.74, 6) is 2.43. The molecule has 0 N–H and O–H groups in total. The van der Waals surface area contributed by atoms with Gasteiger partial charge in [-0.15, -0.1) is 0 Å². The van der Waals surface area contributed by atoms with E-state index >= 15 is 0 Å². The number of nitrogens with zero attached hydrogens (tertiary/aromatic N) is 2. The van der Waals surface area contributed by atoms with Crippen molar-refractivity contribution in [3.05, 3.63) is 30.1 Å². The van der Waals surface area contributed by atoms with E-state index in [9.17, 15) is 4.79 Å². The number of imidazole rings is 1. The fraction of sp³-hybridized carbons (Fsp3) is 0.636. The largest absolute Gasteiger partial charge is 0.461 e. The molecule has 1 aromatic heterocycles. The molecule has 4 heteroatoms. The second-order valence-electron chi connectivity index (χ2n) is 8.22. The molecule has 2 aromatic rings. The quantitative estimate of drug-likeness (QED) is 0.695. The Balaban J connectivity index is 1.83. The zero-order valence-corrected chi connectivity index (χ0v) is 16.7. The van der Waals surface area contributed by atoms with Crippen LogP contribution in [0.2, 0.25) is 0 Å². The third kappa shape index (κ3) is 3.65. The maximum Gasteiger partial charge on any atom is 0.329 e. The first kappa shape index (κ1) is 18.9. The van der Waals surface area contributed by atoms with Crippen molar-refractivity contribution in [3.8, 4) is 0 Å². The Labute approximate surface area is 156 Å². The SMILES string of the molecule is CCc1nc2ccccc2n1[C@H](C)C(=O)OC1C[C@@H](C)CCC1C(C)C. The molecule has 1 aromatic carbocycles. The van der Waals surface area contributed by atoms with E-state index in [1.807, 2.05) is 35.8 Å². The molecule has 0 radical (unpaired) electrons. The van der Waals surface area contributed by atoms with Crippen LogP contribution in [0, 0.1) is 17.8 Å². The van der Waals surface area contributed by atoms with E-state index in [-0.39, 0.29) is 18.1 Å². The van der Waals surface area contributed by atoms with Crippen molar-refractivity contribution in [3.63, 3.8) is 0 Å². The van der Waals surface area contributed by atoms with E-state index in [4.69, 9.17) is 9.72 Å². The number of carbonyl (C=O) groups is 1. The molecule has 0 spiro atoms. The summed E-state index contributed by atoms with van der Waals surface area (Å²) in [6.07, 6.45) is 4.19. The van der Waals surface area contributed by atoms with Gasteiger partial charge in [0.1, 0.15) is 18.0 Å². The van der Waals surface area contributed by atoms with Gasteiger partial charge in [0.05, 0.1) is 11.0 Å². The predicted molar refractivity (Wildman–Crippen MR) is 105 cm³/mol. The van der Waals surface area contributed by atoms with Crippen LogP contribution in [0.25, 0.3) is 11.0 Å². The number of esters is 1. The van der Waals surface area contributed by atoms with Gasteiger partial charge in [0.15, 0.2) is 0 Å². The lowest BCUT2D eigenvalue weighted by Gasteiger charge is -2.37. The van der Waals surface area contributed by atoms with E-state index in [0.717, 1.165) is 36.1 Å². The molecule has 0 bridgehead atoms. The van der Waals surface area contributed by atoms with Gasteiger partial charge < -0.3 is 9.30 Å². The van der Waals surface area contributed by atoms with Gasteiger partial charge >= 0.3 is 5.97 Å². The lowest BCUT2D eigenvalue weighted by atomic mass is 9.75. The highest BCUT2D eigenvalue weighted by Gasteiger charge is 2.35. The first-order valence-electron chi connectivity index (χ1n) is 10.1. The Morgan fingerprint density at radius 2 is 2.00 bits per heavy atom. The number of hydrogen-bond donors (Lipinski definition) is 0. The molecule has 0 saturated heterocycles. The van der Waals surface area contributed by atoms with E-state index < -0.39 is 0 Å². The molecule has 2 unspecified atom stereocenters. The Kier molecular flexibility index (Phi) is 5.69. The van der Waals surface area contributed by atoms with Gasteiger partial charge in [-0.05, 0) is 49.7 Å². The summed E-state index contributed by atoms with van der Waals surface area (Å²) >= 11 is 0. The Bertz CT molecular complexity index is 765. The highest BCUT2D eigenvalue weighted by Crippen LogP contribution is 2.36. The molecule has 1 aliphatic rings. The van der Waals surface area contributed by atoms with Crippen molar-refractivity contribution < 1.29 is 9.53 Å². The minimum absolute atomic E-state index is 0.0357. The fourth-order valence-electron chi connectivity index (χ4n) is 4.38. The highest BCUT2D eigenvalue weighted by atomic mass is 16.5. The summed E-state index contributed by atoms with van der Waals surface area (Å²) in [5.41, 5.74) is 1.95. The van der Waals surface area contributed by atoms with Crippen molar-refractivity contribution in [2.45, 2.75) is 72.4 Å². The average Bonchev–Trinajstić information content (AvgIpc) is 2.99. The summed E-state index contributed by atoms with van der Waals surface area (Å²) in [5, 5.41) is 0. The second kappa shape index (κ2) is 7.81. The van der Waals surface area contributed by atoms with Crippen LogP contribution in [-0.2, 0) is 16.0 Å². The number of fused-ring (bicyclic) bond motifs is 1. The van der Waals surface area contributed by atoms with Gasteiger partial charge in [-0.25, -0.2) is 9.78 Å². The van der Waals surface area contributed by atoms with E-state index in [1.165, 1.54) is 6.42 Å². The normalized spacial score (nSPS) is 24.8. The molecule has 0 amide bonds. The molecule has 3 rings (SSSR count). The minimum Gasteiger partial charge on any atom is -0.461 e. The molecule has 4 nitrogen and oxygen atoms in total. The Morgan fingerprint density at radius 3 is 2.69 bits per heavy atom. The van der Waals surface area contributed by atoms with Gasteiger partial charge in [-0.2, -0.15) is 0 Å². The summed E-state index contributed by atoms with van der Waals surface area (Å²) in [6, 6.07) is 7.65. The molecule has 0 aliphatic heterocycles. The Morgan fingerprint density at radius 1 is 1.27 bits per heavy atom. The third-order valence-corrected chi connectivity index (χ3v) is 5.94. The second-order valence-corrected chi connectivity index (χ2v) is 8.22. The van der Waals surface area contributed by atoms with Crippen LogP contribution in [0.1, 0.15) is 65.7 Å². The summed E-state index contributed by atoms with van der Waals surface area (Å²) in [7, 11) is 0. The number of para-hydroxylation sites is 2. The number of aromatic nitrogens is 2. The molecular formula is C22H32N2O2. The molecule has 142 valence electrons. The molecular weight excluding hydrogens is 324 g/mol. The standard InChI is InChI=1S/C22H32N2O2/c1-6-21-23-18-9-7-8-10-19(18)24(21)16(5)22(25)26-20-13-15(4)11-12-17(20)14(2)3/h7-10,14-17,20H,6,11-13H2,1-5H3/t15-,16+,17?,20?/m0/s1. The smallest absolute Gasteiger partial charge is 0.329 e. The van der Waals surface area contributed by atoms with Gasteiger partial charge in [0, 0.05) is 6.42 Å². The van der Waals surface area contributed by atoms with E-state index in [1.54, 1.807) is 0 Å². The number of aryl methyl sites for hydroxylation is 1. The predicted octanol–water partition coefficient (Wildman–Crippen LogP) is 5.16. The van der Waals surface area contributed by atoms with Crippen molar-refractivity contribution in [1.82, 2.24) is 9.55 Å². The summed E-state index contributed by atoms with van der Waals surface area (Å²) in [6.45, 7) is 10.8. The highest BCUT2D eigenvalue weighted by molar-refractivity contribution is 5.81. The molecule has 26 heavy (non-hydrogen) atoms. The zero-order chi connectivity index (χ0) is 18.8. The number of carbonyl (C=O) groups excluding carboxylic acids is 1. The number of rotatable bonds is 5. The fourth-order valence-corrected chi connectivity index (χ4v) is 4.38. The van der Waals surface area contributed by atoms with Crippen molar-refractivity contribution in [2.75, 3.05) is 0 Å². The first-order chi connectivity index (χ1) is 12.4. The summed E-state index contributed by atoms with van der Waals surface area (Å²) in [4.78, 5) is 17.7. The lowest BCUT2D eigenvalue weighted by molar-refractivity contribution is -0.159. The number of benzene rings is 1. The minimum atomic E-state index is -0.359. The van der Waals surface area contributed by atoms with Crippen LogP contribution < -0.4 is 0 Å². The van der Waals surface area contributed by atoms with Gasteiger partial charge in [0.2, 0.25) is 0 Å². The van der Waals surface area contributed by atoms with Gasteiger partial charge in [-0.3, -0.25) is 0 Å².